The lowest BCUT2D eigenvalue weighted by molar-refractivity contribution is -0.119. The van der Waals surface area contributed by atoms with Crippen LogP contribution in [0.4, 0.5) is 5.69 Å². The van der Waals surface area contributed by atoms with Crippen molar-refractivity contribution >= 4 is 17.5 Å². The Labute approximate surface area is 235 Å². The predicted octanol–water partition coefficient (Wildman–Crippen LogP) is 6.52. The fraction of sp³-hybridized carbons (Fsp3) is 0.294. The Morgan fingerprint density at radius 1 is 0.875 bits per heavy atom. The van der Waals surface area contributed by atoms with Crippen LogP contribution in [0.15, 0.2) is 91.1 Å². The third-order valence-corrected chi connectivity index (χ3v) is 7.97. The topological polar surface area (TPSA) is 54.8 Å². The summed E-state index contributed by atoms with van der Waals surface area (Å²) in [6.45, 7) is 6.49. The van der Waals surface area contributed by atoms with Gasteiger partial charge in [-0.05, 0) is 77.9 Å². The van der Waals surface area contributed by atoms with Gasteiger partial charge in [0.05, 0.1) is 24.2 Å². The molecule has 0 bridgehead atoms. The third-order valence-electron chi connectivity index (χ3n) is 7.97. The molecule has 0 saturated heterocycles. The lowest BCUT2D eigenvalue weighted by Gasteiger charge is -2.39. The van der Waals surface area contributed by atoms with Crippen molar-refractivity contribution in [2.24, 2.45) is 0 Å². The lowest BCUT2D eigenvalue weighted by Crippen LogP contribution is -2.47. The number of amides is 2. The summed E-state index contributed by atoms with van der Waals surface area (Å²) in [5.74, 6) is 0.564. The van der Waals surface area contributed by atoms with Crippen LogP contribution in [0.25, 0.3) is 5.69 Å². The second-order valence-electron chi connectivity index (χ2n) is 11.7. The average Bonchev–Trinajstić information content (AvgIpc) is 3.69. The normalized spacial score (nSPS) is 16.2. The molecule has 4 aromatic rings. The molecule has 1 atom stereocenters. The van der Waals surface area contributed by atoms with E-state index in [0.29, 0.717) is 5.56 Å². The molecule has 2 heterocycles. The highest BCUT2D eigenvalue weighted by Crippen LogP contribution is 2.43. The first-order chi connectivity index (χ1) is 19.3. The van der Waals surface area contributed by atoms with Gasteiger partial charge in [-0.1, -0.05) is 57.2 Å². The molecular formula is C34H35N3O3. The van der Waals surface area contributed by atoms with Crippen LogP contribution >= 0.6 is 0 Å². The highest BCUT2D eigenvalue weighted by atomic mass is 16.5. The van der Waals surface area contributed by atoms with Crippen LogP contribution in [0.2, 0.25) is 0 Å². The number of hydrogen-bond donors (Lipinski definition) is 0. The van der Waals surface area contributed by atoms with E-state index < -0.39 is 0 Å². The summed E-state index contributed by atoms with van der Waals surface area (Å²) in [4.78, 5) is 31.8. The summed E-state index contributed by atoms with van der Waals surface area (Å²) < 4.78 is 7.54. The van der Waals surface area contributed by atoms with E-state index in [9.17, 15) is 9.59 Å². The van der Waals surface area contributed by atoms with Gasteiger partial charge in [-0.25, -0.2) is 0 Å². The largest absolute Gasteiger partial charge is 0.497 e. The minimum absolute atomic E-state index is 0.00348. The van der Waals surface area contributed by atoms with Gasteiger partial charge in [0.15, 0.2) is 0 Å². The molecule has 6 rings (SSSR count). The minimum Gasteiger partial charge on any atom is -0.497 e. The Balaban J connectivity index is 1.36. The van der Waals surface area contributed by atoms with E-state index in [1.54, 1.807) is 12.0 Å². The number of para-hydroxylation sites is 2. The van der Waals surface area contributed by atoms with Crippen LogP contribution in [0.5, 0.6) is 5.75 Å². The molecule has 0 spiro atoms. The maximum atomic E-state index is 14.4. The van der Waals surface area contributed by atoms with Crippen molar-refractivity contribution in [2.45, 2.75) is 51.1 Å². The fourth-order valence-electron chi connectivity index (χ4n) is 5.62. The zero-order chi connectivity index (χ0) is 28.0. The van der Waals surface area contributed by atoms with Gasteiger partial charge in [-0.15, -0.1) is 0 Å². The third kappa shape index (κ3) is 4.68. The van der Waals surface area contributed by atoms with Gasteiger partial charge >= 0.3 is 0 Å². The first-order valence-corrected chi connectivity index (χ1v) is 13.9. The Morgan fingerprint density at radius 3 is 2.17 bits per heavy atom. The number of hydrogen-bond acceptors (Lipinski definition) is 3. The molecule has 2 amide bonds. The molecule has 6 heteroatoms. The van der Waals surface area contributed by atoms with Crippen LogP contribution < -0.4 is 9.64 Å². The molecule has 1 aliphatic carbocycles. The summed E-state index contributed by atoms with van der Waals surface area (Å²) in [6, 6.07) is 27.5. The number of carbonyl (C=O) groups excluding carboxylic acids is 2. The zero-order valence-corrected chi connectivity index (χ0v) is 23.5. The molecule has 1 aromatic heterocycles. The quantitative estimate of drug-likeness (QED) is 0.283. The Hall–Kier alpha value is -4.32. The summed E-state index contributed by atoms with van der Waals surface area (Å²) in [5, 5.41) is 0. The van der Waals surface area contributed by atoms with Crippen LogP contribution in [-0.2, 0) is 10.2 Å². The molecule has 2 aliphatic rings. The van der Waals surface area contributed by atoms with Gasteiger partial charge in [0.25, 0.3) is 5.91 Å². The van der Waals surface area contributed by atoms with E-state index in [0.717, 1.165) is 41.2 Å². The smallest absolute Gasteiger partial charge is 0.254 e. The van der Waals surface area contributed by atoms with Crippen LogP contribution in [0.1, 0.15) is 66.8 Å². The molecule has 3 aromatic carbocycles. The summed E-state index contributed by atoms with van der Waals surface area (Å²) >= 11 is 0. The van der Waals surface area contributed by atoms with E-state index in [-0.39, 0.29) is 35.9 Å². The van der Waals surface area contributed by atoms with E-state index in [2.05, 4.69) is 31.4 Å². The maximum Gasteiger partial charge on any atom is 0.254 e. The Kier molecular flexibility index (Phi) is 6.49. The highest BCUT2D eigenvalue weighted by molar-refractivity contribution is 6.03. The second kappa shape index (κ2) is 10.0. The highest BCUT2D eigenvalue weighted by Gasteiger charge is 2.40. The molecule has 6 nitrogen and oxygen atoms in total. The lowest BCUT2D eigenvalue weighted by atomic mass is 9.86. The number of rotatable bonds is 6. The number of carbonyl (C=O) groups is 2. The Bertz CT molecular complexity index is 1540. The van der Waals surface area contributed by atoms with E-state index >= 15 is 0 Å². The summed E-state index contributed by atoms with van der Waals surface area (Å²) in [7, 11) is 1.65. The molecule has 204 valence electrons. The molecule has 1 fully saturated rings. The van der Waals surface area contributed by atoms with Crippen molar-refractivity contribution in [3.63, 3.8) is 0 Å². The first kappa shape index (κ1) is 25.9. The number of benzene rings is 3. The van der Waals surface area contributed by atoms with Crippen molar-refractivity contribution in [1.29, 1.82) is 0 Å². The van der Waals surface area contributed by atoms with Crippen molar-refractivity contribution in [3.8, 4) is 11.4 Å². The van der Waals surface area contributed by atoms with Crippen molar-refractivity contribution in [3.05, 3.63) is 114 Å². The van der Waals surface area contributed by atoms with Gasteiger partial charge in [0.2, 0.25) is 5.91 Å². The monoisotopic (exact) mass is 533 g/mol. The number of fused-ring (bicyclic) bond motifs is 3. The molecule has 1 saturated carbocycles. The van der Waals surface area contributed by atoms with Gasteiger partial charge < -0.3 is 14.2 Å². The van der Waals surface area contributed by atoms with Gasteiger partial charge in [0, 0.05) is 17.8 Å². The molecule has 1 unspecified atom stereocenters. The van der Waals surface area contributed by atoms with Crippen LogP contribution in [-0.4, -0.2) is 41.0 Å². The number of nitrogens with zero attached hydrogens (tertiary/aromatic N) is 3. The summed E-state index contributed by atoms with van der Waals surface area (Å²) in [5.41, 5.74) is 5.55. The zero-order valence-electron chi connectivity index (χ0n) is 23.5. The van der Waals surface area contributed by atoms with Crippen LogP contribution in [0, 0.1) is 0 Å². The first-order valence-electron chi connectivity index (χ1n) is 13.9. The van der Waals surface area contributed by atoms with Gasteiger partial charge in [-0.3, -0.25) is 14.5 Å². The molecule has 0 N–H and O–H groups in total. The SMILES string of the molecule is COc1ccc(C2c3cccn3-c3ccccc3N2C(=O)CN(C(=O)c2ccc(C(C)(C)C)cc2)C2CC2)cc1. The standard InChI is InChI=1S/C34H35N3O3/c1-34(2,3)25-15-11-24(12-16-25)33(39)36(26-17-18-26)22-31(38)37-29-9-6-5-8-28(29)35-21-7-10-30(35)32(37)23-13-19-27(40-4)20-14-23/h5-16,19-21,26,32H,17-18,22H2,1-4H3. The predicted molar refractivity (Wildman–Crippen MR) is 157 cm³/mol. The molecule has 0 radical (unpaired) electrons. The van der Waals surface area contributed by atoms with Crippen LogP contribution in [0.3, 0.4) is 0 Å². The number of ether oxygens (including phenoxy) is 1. The van der Waals surface area contributed by atoms with Crippen molar-refractivity contribution in [2.75, 3.05) is 18.6 Å². The fourth-order valence-corrected chi connectivity index (χ4v) is 5.62. The van der Waals surface area contributed by atoms with E-state index in [1.165, 1.54) is 5.56 Å². The Morgan fingerprint density at radius 2 is 1.55 bits per heavy atom. The maximum absolute atomic E-state index is 14.4. The van der Waals surface area contributed by atoms with Gasteiger partial charge in [-0.2, -0.15) is 0 Å². The van der Waals surface area contributed by atoms with Gasteiger partial charge in [0.1, 0.15) is 18.3 Å². The van der Waals surface area contributed by atoms with Crippen molar-refractivity contribution < 1.29 is 14.3 Å². The van der Waals surface area contributed by atoms with E-state index in [1.807, 2.05) is 90.0 Å². The van der Waals surface area contributed by atoms with Crippen molar-refractivity contribution in [1.82, 2.24) is 9.47 Å². The summed E-state index contributed by atoms with van der Waals surface area (Å²) in [6.07, 6.45) is 3.87. The number of anilines is 1. The molecule has 40 heavy (non-hydrogen) atoms. The second-order valence-corrected chi connectivity index (χ2v) is 11.7. The minimum atomic E-state index is -0.342. The number of aromatic nitrogens is 1. The van der Waals surface area contributed by atoms with E-state index in [4.69, 9.17) is 4.74 Å². The molecular weight excluding hydrogens is 498 g/mol. The average molecular weight is 534 g/mol. The molecule has 1 aliphatic heterocycles. The number of methoxy groups -OCH3 is 1.